The summed E-state index contributed by atoms with van der Waals surface area (Å²) in [5.41, 5.74) is 0. The van der Waals surface area contributed by atoms with Crippen LogP contribution in [-0.4, -0.2) is 60.4 Å². The molecule has 0 spiro atoms. The third-order valence-electron chi connectivity index (χ3n) is 4.18. The van der Waals surface area contributed by atoms with Gasteiger partial charge >= 0.3 is 0 Å². The fraction of sp³-hybridized carbons (Fsp3) is 0.867. The van der Waals surface area contributed by atoms with Crippen molar-refractivity contribution >= 4 is 11.8 Å². The molecule has 1 unspecified atom stereocenters. The zero-order valence-corrected chi connectivity index (χ0v) is 12.7. The molecule has 0 radical (unpaired) electrons. The summed E-state index contributed by atoms with van der Waals surface area (Å²) in [5, 5.41) is 3.45. The monoisotopic (exact) mass is 281 g/mol. The molecule has 0 saturated carbocycles. The Balaban J connectivity index is 1.78. The van der Waals surface area contributed by atoms with Crippen molar-refractivity contribution in [3.05, 3.63) is 0 Å². The Bertz CT molecular complexity index is 357. The maximum Gasteiger partial charge on any atom is 0.242 e. The van der Waals surface area contributed by atoms with E-state index in [1.165, 1.54) is 6.42 Å². The Labute approximate surface area is 121 Å². The number of hydrogen-bond acceptors (Lipinski definition) is 3. The quantitative estimate of drug-likeness (QED) is 0.812. The van der Waals surface area contributed by atoms with Crippen molar-refractivity contribution in [3.63, 3.8) is 0 Å². The third-order valence-corrected chi connectivity index (χ3v) is 4.18. The minimum Gasteiger partial charge on any atom is -0.341 e. The molecule has 0 aliphatic carbocycles. The van der Waals surface area contributed by atoms with Gasteiger partial charge in [-0.25, -0.2) is 0 Å². The van der Waals surface area contributed by atoms with Crippen molar-refractivity contribution in [1.82, 2.24) is 15.1 Å². The normalized spacial score (nSPS) is 23.8. The van der Waals surface area contributed by atoms with Gasteiger partial charge in [0.25, 0.3) is 0 Å². The van der Waals surface area contributed by atoms with E-state index in [1.54, 1.807) is 4.90 Å². The second kappa shape index (κ2) is 7.07. The van der Waals surface area contributed by atoms with Crippen molar-refractivity contribution in [2.24, 2.45) is 5.92 Å². The highest BCUT2D eigenvalue weighted by atomic mass is 16.2. The largest absolute Gasteiger partial charge is 0.341 e. The minimum atomic E-state index is 0.120. The van der Waals surface area contributed by atoms with Gasteiger partial charge in [0.05, 0.1) is 6.54 Å². The summed E-state index contributed by atoms with van der Waals surface area (Å²) in [6.45, 7) is 7.97. The van der Waals surface area contributed by atoms with E-state index in [1.807, 2.05) is 4.90 Å². The van der Waals surface area contributed by atoms with Crippen molar-refractivity contribution in [2.45, 2.75) is 45.6 Å². The zero-order valence-electron chi connectivity index (χ0n) is 12.7. The van der Waals surface area contributed by atoms with Crippen LogP contribution in [0.15, 0.2) is 0 Å². The summed E-state index contributed by atoms with van der Waals surface area (Å²) < 4.78 is 0. The van der Waals surface area contributed by atoms with Crippen LogP contribution in [0.5, 0.6) is 0 Å². The zero-order chi connectivity index (χ0) is 14.5. The van der Waals surface area contributed by atoms with Gasteiger partial charge < -0.3 is 15.1 Å². The summed E-state index contributed by atoms with van der Waals surface area (Å²) in [6.07, 6.45) is 3.76. The second-order valence-corrected chi connectivity index (χ2v) is 6.33. The van der Waals surface area contributed by atoms with Gasteiger partial charge in [0.1, 0.15) is 0 Å². The molecule has 5 nitrogen and oxygen atoms in total. The molecule has 2 amide bonds. The van der Waals surface area contributed by atoms with Crippen molar-refractivity contribution in [1.29, 1.82) is 0 Å². The lowest BCUT2D eigenvalue weighted by molar-refractivity contribution is -0.139. The first-order chi connectivity index (χ1) is 9.56. The first-order valence-corrected chi connectivity index (χ1v) is 7.85. The number of nitrogens with zero attached hydrogens (tertiary/aromatic N) is 2. The molecule has 0 aromatic heterocycles. The summed E-state index contributed by atoms with van der Waals surface area (Å²) in [5.74, 6) is 0.798. The number of nitrogens with one attached hydrogen (secondary N) is 1. The van der Waals surface area contributed by atoms with Crippen molar-refractivity contribution < 1.29 is 9.59 Å². The van der Waals surface area contributed by atoms with E-state index in [9.17, 15) is 9.59 Å². The summed E-state index contributed by atoms with van der Waals surface area (Å²) in [6, 6.07) is 0.489. The molecule has 20 heavy (non-hydrogen) atoms. The highest BCUT2D eigenvalue weighted by Gasteiger charge is 2.28. The lowest BCUT2D eigenvalue weighted by Gasteiger charge is -2.34. The van der Waals surface area contributed by atoms with Gasteiger partial charge in [-0.2, -0.15) is 0 Å². The smallest absolute Gasteiger partial charge is 0.242 e. The highest BCUT2D eigenvalue weighted by molar-refractivity contribution is 5.85. The highest BCUT2D eigenvalue weighted by Crippen LogP contribution is 2.17. The van der Waals surface area contributed by atoms with Crippen LogP contribution in [-0.2, 0) is 9.59 Å². The molecule has 2 heterocycles. The Morgan fingerprint density at radius 3 is 2.80 bits per heavy atom. The number of carbonyl (C=O) groups excluding carboxylic acids is 2. The van der Waals surface area contributed by atoms with E-state index in [0.29, 0.717) is 18.4 Å². The van der Waals surface area contributed by atoms with Crippen LogP contribution in [0.2, 0.25) is 0 Å². The van der Waals surface area contributed by atoms with Gasteiger partial charge in [-0.1, -0.05) is 13.8 Å². The first-order valence-electron chi connectivity index (χ1n) is 7.85. The average molecular weight is 281 g/mol. The average Bonchev–Trinajstić information content (AvgIpc) is 2.82. The molecule has 5 heteroatoms. The Kier molecular flexibility index (Phi) is 5.40. The van der Waals surface area contributed by atoms with Gasteiger partial charge in [0.15, 0.2) is 0 Å². The summed E-state index contributed by atoms with van der Waals surface area (Å²) in [7, 11) is 0. The Hall–Kier alpha value is -1.10. The maximum atomic E-state index is 12.3. The third kappa shape index (κ3) is 4.20. The molecule has 0 aromatic rings. The lowest BCUT2D eigenvalue weighted by Crippen LogP contribution is -2.47. The van der Waals surface area contributed by atoms with E-state index in [-0.39, 0.29) is 18.4 Å². The molecule has 2 aliphatic rings. The molecule has 1 atom stereocenters. The Morgan fingerprint density at radius 1 is 1.35 bits per heavy atom. The molecule has 2 saturated heterocycles. The molecule has 2 fully saturated rings. The number of piperidine rings is 1. The predicted molar refractivity (Wildman–Crippen MR) is 78.3 cm³/mol. The molecular formula is C15H27N3O2. The number of rotatable bonds is 5. The fourth-order valence-corrected chi connectivity index (χ4v) is 3.00. The van der Waals surface area contributed by atoms with Crippen LogP contribution >= 0.6 is 0 Å². The molecule has 1 N–H and O–H groups in total. The van der Waals surface area contributed by atoms with Gasteiger partial charge in [0, 0.05) is 32.1 Å². The van der Waals surface area contributed by atoms with Gasteiger partial charge in [0.2, 0.25) is 11.8 Å². The summed E-state index contributed by atoms with van der Waals surface area (Å²) in [4.78, 5) is 27.5. The molecule has 2 aliphatic heterocycles. The second-order valence-electron chi connectivity index (χ2n) is 6.33. The molecule has 0 bridgehead atoms. The van der Waals surface area contributed by atoms with E-state index < -0.39 is 0 Å². The van der Waals surface area contributed by atoms with Crippen LogP contribution in [0, 0.1) is 5.92 Å². The van der Waals surface area contributed by atoms with Gasteiger partial charge in [-0.15, -0.1) is 0 Å². The van der Waals surface area contributed by atoms with E-state index in [0.717, 1.165) is 39.0 Å². The van der Waals surface area contributed by atoms with Crippen molar-refractivity contribution in [3.8, 4) is 0 Å². The van der Waals surface area contributed by atoms with Gasteiger partial charge in [-0.3, -0.25) is 9.59 Å². The molecular weight excluding hydrogens is 254 g/mol. The first kappa shape index (κ1) is 15.3. The lowest BCUT2D eigenvalue weighted by atomic mass is 9.97. The summed E-state index contributed by atoms with van der Waals surface area (Å²) >= 11 is 0. The number of hydrogen-bond donors (Lipinski definition) is 1. The Morgan fingerprint density at radius 2 is 2.15 bits per heavy atom. The van der Waals surface area contributed by atoms with Crippen LogP contribution < -0.4 is 5.32 Å². The van der Waals surface area contributed by atoms with Crippen LogP contribution in [0.25, 0.3) is 0 Å². The SMILES string of the molecule is CC(C)NCC1CCCN(C(=O)CN2CCCC2=O)C1. The molecule has 2 rings (SSSR count). The predicted octanol–water partition coefficient (Wildman–Crippen LogP) is 0.845. The number of amides is 2. The van der Waals surface area contributed by atoms with Crippen LogP contribution in [0.3, 0.4) is 0 Å². The maximum absolute atomic E-state index is 12.3. The van der Waals surface area contributed by atoms with E-state index in [4.69, 9.17) is 0 Å². The molecule has 0 aromatic carbocycles. The van der Waals surface area contributed by atoms with E-state index >= 15 is 0 Å². The molecule has 114 valence electrons. The minimum absolute atomic E-state index is 0.120. The van der Waals surface area contributed by atoms with Gasteiger partial charge in [-0.05, 0) is 31.7 Å². The van der Waals surface area contributed by atoms with E-state index in [2.05, 4.69) is 19.2 Å². The topological polar surface area (TPSA) is 52.7 Å². The standard InChI is InChI=1S/C15H27N3O2/c1-12(2)16-9-13-5-3-7-17(10-13)15(20)11-18-8-4-6-14(18)19/h12-13,16H,3-11H2,1-2H3. The van der Waals surface area contributed by atoms with Crippen molar-refractivity contribution in [2.75, 3.05) is 32.7 Å². The fourth-order valence-electron chi connectivity index (χ4n) is 3.00. The van der Waals surface area contributed by atoms with Crippen LogP contribution in [0.4, 0.5) is 0 Å². The number of likely N-dealkylation sites (tertiary alicyclic amines) is 2. The number of carbonyl (C=O) groups is 2. The van der Waals surface area contributed by atoms with Crippen LogP contribution in [0.1, 0.15) is 39.5 Å².